The van der Waals surface area contributed by atoms with Crippen molar-refractivity contribution in [3.05, 3.63) is 71.5 Å². The molecule has 0 aliphatic carbocycles. The van der Waals surface area contributed by atoms with Gasteiger partial charge in [-0.2, -0.15) is 0 Å². The molecule has 4 aromatic rings. The van der Waals surface area contributed by atoms with Gasteiger partial charge in [0.2, 0.25) is 11.8 Å². The number of ether oxygens (including phenoxy) is 1. The number of thioether (sulfide) groups is 1. The Bertz CT molecular complexity index is 1220. The second-order valence-corrected chi connectivity index (χ2v) is 8.49. The van der Waals surface area contributed by atoms with Gasteiger partial charge in [-0.15, -0.1) is 10.2 Å². The Morgan fingerprint density at radius 1 is 1.06 bits per heavy atom. The van der Waals surface area contributed by atoms with Crippen LogP contribution >= 0.6 is 23.4 Å². The predicted octanol–water partition coefficient (Wildman–Crippen LogP) is 4.84. The predicted molar refractivity (Wildman–Crippen MR) is 121 cm³/mol. The van der Waals surface area contributed by atoms with Crippen LogP contribution in [0.5, 0.6) is 0 Å². The molecule has 0 unspecified atom stereocenters. The molecule has 3 heterocycles. The van der Waals surface area contributed by atoms with E-state index >= 15 is 0 Å². The summed E-state index contributed by atoms with van der Waals surface area (Å²) < 4.78 is 27.2. The summed E-state index contributed by atoms with van der Waals surface area (Å²) in [7, 11) is 0. The van der Waals surface area contributed by atoms with E-state index in [0.29, 0.717) is 65.5 Å². The van der Waals surface area contributed by atoms with E-state index in [1.807, 2.05) is 34.9 Å². The van der Waals surface area contributed by atoms with Crippen LogP contribution in [-0.2, 0) is 10.5 Å². The molecule has 0 radical (unpaired) electrons. The third kappa shape index (κ3) is 4.50. The third-order valence-corrected chi connectivity index (χ3v) is 6.11. The summed E-state index contributed by atoms with van der Waals surface area (Å²) in [6.45, 7) is 2.61. The number of hydrogen-bond acceptors (Lipinski definition) is 7. The van der Waals surface area contributed by atoms with Crippen molar-refractivity contribution >= 4 is 29.3 Å². The zero-order valence-electron chi connectivity index (χ0n) is 16.9. The minimum absolute atomic E-state index is 0.320. The Balaban J connectivity index is 1.41. The Morgan fingerprint density at radius 2 is 1.91 bits per heavy atom. The van der Waals surface area contributed by atoms with Crippen molar-refractivity contribution in [2.24, 2.45) is 0 Å². The minimum Gasteiger partial charge on any atom is -0.440 e. The molecule has 10 heteroatoms. The lowest BCUT2D eigenvalue weighted by molar-refractivity contribution is 0.122. The quantitative estimate of drug-likeness (QED) is 0.372. The van der Waals surface area contributed by atoms with Gasteiger partial charge in [-0.05, 0) is 30.3 Å². The van der Waals surface area contributed by atoms with Gasteiger partial charge < -0.3 is 14.1 Å². The summed E-state index contributed by atoms with van der Waals surface area (Å²) in [5.41, 5.74) is 1.52. The number of hydrogen-bond donors (Lipinski definition) is 0. The van der Waals surface area contributed by atoms with Crippen LogP contribution in [-0.4, -0.2) is 46.1 Å². The summed E-state index contributed by atoms with van der Waals surface area (Å²) in [5.74, 6) is 1.97. The number of oxazole rings is 1. The Labute approximate surface area is 193 Å². The molecule has 1 aliphatic rings. The molecule has 0 N–H and O–H groups in total. The molecule has 1 fully saturated rings. The van der Waals surface area contributed by atoms with Crippen molar-refractivity contribution in [2.75, 3.05) is 31.2 Å². The largest absolute Gasteiger partial charge is 0.440 e. The molecule has 32 heavy (non-hydrogen) atoms. The van der Waals surface area contributed by atoms with Gasteiger partial charge in [-0.1, -0.05) is 41.6 Å². The highest BCUT2D eigenvalue weighted by atomic mass is 35.5. The molecule has 1 aliphatic heterocycles. The minimum atomic E-state index is -0.320. The van der Waals surface area contributed by atoms with Gasteiger partial charge >= 0.3 is 0 Å². The van der Waals surface area contributed by atoms with Crippen LogP contribution in [0.15, 0.2) is 64.3 Å². The number of nitrogens with zero attached hydrogens (tertiary/aromatic N) is 5. The SMILES string of the molecule is Fc1cccc(-n2c(SCc3ncc(-c4cccc(Cl)c4)o3)nnc2N2CCOCC2)c1. The molecule has 2 aromatic heterocycles. The maximum absolute atomic E-state index is 14.0. The highest BCUT2D eigenvalue weighted by Gasteiger charge is 2.22. The first-order valence-electron chi connectivity index (χ1n) is 10.0. The van der Waals surface area contributed by atoms with Crippen LogP contribution in [0.1, 0.15) is 5.89 Å². The summed E-state index contributed by atoms with van der Waals surface area (Å²) in [6, 6.07) is 13.8. The van der Waals surface area contributed by atoms with Gasteiger partial charge in [0.1, 0.15) is 5.82 Å². The normalized spacial score (nSPS) is 14.1. The second kappa shape index (κ2) is 9.32. The van der Waals surface area contributed by atoms with Gasteiger partial charge in [-0.3, -0.25) is 4.57 Å². The van der Waals surface area contributed by atoms with E-state index < -0.39 is 0 Å². The maximum atomic E-state index is 14.0. The molecule has 0 atom stereocenters. The Morgan fingerprint density at radius 3 is 2.72 bits per heavy atom. The summed E-state index contributed by atoms with van der Waals surface area (Å²) in [5, 5.41) is 10.0. The first-order chi connectivity index (χ1) is 15.7. The molecule has 0 amide bonds. The standard InChI is InChI=1S/C22H19ClFN5O2S/c23-16-4-1-3-15(11-16)19-13-25-20(31-19)14-32-22-27-26-21(28-7-9-30-10-8-28)29(22)18-6-2-5-17(24)12-18/h1-6,11-13H,7-10,14H2. The van der Waals surface area contributed by atoms with Crippen LogP contribution in [0, 0.1) is 5.82 Å². The fraction of sp³-hybridized carbons (Fsp3) is 0.227. The molecule has 0 spiro atoms. The van der Waals surface area contributed by atoms with E-state index in [1.54, 1.807) is 12.3 Å². The molecule has 0 bridgehead atoms. The first kappa shape index (κ1) is 21.0. The first-order valence-corrected chi connectivity index (χ1v) is 11.4. The molecule has 7 nitrogen and oxygen atoms in total. The summed E-state index contributed by atoms with van der Waals surface area (Å²) in [6.07, 6.45) is 1.68. The lowest BCUT2D eigenvalue weighted by Crippen LogP contribution is -2.37. The van der Waals surface area contributed by atoms with E-state index in [-0.39, 0.29) is 5.82 Å². The van der Waals surface area contributed by atoms with Crippen molar-refractivity contribution < 1.29 is 13.5 Å². The van der Waals surface area contributed by atoms with E-state index in [0.717, 1.165) is 5.56 Å². The fourth-order valence-electron chi connectivity index (χ4n) is 3.44. The third-order valence-electron chi connectivity index (χ3n) is 4.96. The second-order valence-electron chi connectivity index (χ2n) is 7.11. The van der Waals surface area contributed by atoms with Crippen molar-refractivity contribution in [2.45, 2.75) is 10.9 Å². The summed E-state index contributed by atoms with van der Waals surface area (Å²) in [4.78, 5) is 6.47. The van der Waals surface area contributed by atoms with E-state index in [9.17, 15) is 4.39 Å². The van der Waals surface area contributed by atoms with Gasteiger partial charge in [0.25, 0.3) is 0 Å². The number of halogens is 2. The lowest BCUT2D eigenvalue weighted by Gasteiger charge is -2.27. The van der Waals surface area contributed by atoms with Gasteiger partial charge in [-0.25, -0.2) is 9.37 Å². The molecular formula is C22H19ClFN5O2S. The van der Waals surface area contributed by atoms with Crippen molar-refractivity contribution in [3.63, 3.8) is 0 Å². The van der Waals surface area contributed by atoms with Crippen LogP contribution < -0.4 is 4.90 Å². The monoisotopic (exact) mass is 471 g/mol. The Hall–Kier alpha value is -2.88. The van der Waals surface area contributed by atoms with E-state index in [4.69, 9.17) is 20.8 Å². The van der Waals surface area contributed by atoms with Crippen molar-refractivity contribution in [1.29, 1.82) is 0 Å². The molecule has 1 saturated heterocycles. The van der Waals surface area contributed by atoms with Crippen LogP contribution in [0.25, 0.3) is 17.0 Å². The van der Waals surface area contributed by atoms with E-state index in [2.05, 4.69) is 20.1 Å². The Kier molecular flexibility index (Phi) is 6.11. The van der Waals surface area contributed by atoms with E-state index in [1.165, 1.54) is 23.9 Å². The molecule has 2 aromatic carbocycles. The average molecular weight is 472 g/mol. The number of rotatable bonds is 6. The van der Waals surface area contributed by atoms with Crippen LogP contribution in [0.3, 0.4) is 0 Å². The molecule has 0 saturated carbocycles. The van der Waals surface area contributed by atoms with Crippen molar-refractivity contribution in [1.82, 2.24) is 19.7 Å². The van der Waals surface area contributed by atoms with Crippen molar-refractivity contribution in [3.8, 4) is 17.0 Å². The molecular weight excluding hydrogens is 453 g/mol. The maximum Gasteiger partial charge on any atom is 0.232 e. The number of benzene rings is 2. The highest BCUT2D eigenvalue weighted by Crippen LogP contribution is 2.31. The number of aromatic nitrogens is 4. The molecule has 5 rings (SSSR count). The number of morpholine rings is 1. The average Bonchev–Trinajstić information content (AvgIpc) is 3.46. The van der Waals surface area contributed by atoms with Crippen LogP contribution in [0.2, 0.25) is 5.02 Å². The van der Waals surface area contributed by atoms with Gasteiger partial charge in [0.05, 0.1) is 30.9 Å². The van der Waals surface area contributed by atoms with Crippen LogP contribution in [0.4, 0.5) is 10.3 Å². The zero-order chi connectivity index (χ0) is 21.9. The number of anilines is 1. The topological polar surface area (TPSA) is 69.2 Å². The van der Waals surface area contributed by atoms with Gasteiger partial charge in [0.15, 0.2) is 10.9 Å². The summed E-state index contributed by atoms with van der Waals surface area (Å²) >= 11 is 7.50. The smallest absolute Gasteiger partial charge is 0.232 e. The highest BCUT2D eigenvalue weighted by molar-refractivity contribution is 7.98. The van der Waals surface area contributed by atoms with Gasteiger partial charge in [0, 0.05) is 23.7 Å². The molecule has 164 valence electrons. The lowest BCUT2D eigenvalue weighted by atomic mass is 10.2. The fourth-order valence-corrected chi connectivity index (χ4v) is 4.43. The zero-order valence-corrected chi connectivity index (χ0v) is 18.5.